The van der Waals surface area contributed by atoms with Gasteiger partial charge in [-0.15, -0.1) is 0 Å². The molecule has 4 nitrogen and oxygen atoms in total. The van der Waals surface area contributed by atoms with Crippen molar-refractivity contribution in [2.45, 2.75) is 6.92 Å². The molecule has 120 valence electrons. The lowest BCUT2D eigenvalue weighted by Gasteiger charge is -2.08. The van der Waals surface area contributed by atoms with Gasteiger partial charge in [0.1, 0.15) is 17.5 Å². The number of amides is 1. The Labute approximate surface area is 129 Å². The van der Waals surface area contributed by atoms with E-state index in [2.05, 4.69) is 10.1 Å². The lowest BCUT2D eigenvalue weighted by atomic mass is 10.2. The molecule has 0 unspecified atom stereocenters. The van der Waals surface area contributed by atoms with E-state index in [0.29, 0.717) is 11.6 Å². The second-order valence-corrected chi connectivity index (χ2v) is 4.73. The molecule has 23 heavy (non-hydrogen) atoms. The molecule has 2 aromatic rings. The van der Waals surface area contributed by atoms with Crippen molar-refractivity contribution in [2.75, 3.05) is 11.9 Å². The first-order chi connectivity index (χ1) is 10.9. The Balaban J connectivity index is 1.94. The number of nitrogens with one attached hydrogen (secondary N) is 1. The van der Waals surface area contributed by atoms with E-state index in [-0.39, 0.29) is 5.69 Å². The van der Waals surface area contributed by atoms with Crippen molar-refractivity contribution in [2.24, 2.45) is 0 Å². The summed E-state index contributed by atoms with van der Waals surface area (Å²) in [6, 6.07) is 6.52. The Morgan fingerprint density at radius 3 is 2.43 bits per heavy atom. The van der Waals surface area contributed by atoms with Crippen LogP contribution in [0.5, 0.6) is 0 Å². The molecule has 0 aliphatic carbocycles. The molecule has 0 radical (unpaired) electrons. The van der Waals surface area contributed by atoms with Crippen LogP contribution in [0.15, 0.2) is 36.4 Å². The van der Waals surface area contributed by atoms with Crippen LogP contribution in [0.4, 0.5) is 18.9 Å². The summed E-state index contributed by atoms with van der Waals surface area (Å²) >= 11 is 0. The quantitative estimate of drug-likeness (QED) is 0.879. The molecule has 2 aromatic carbocycles. The molecular weight excluding hydrogens is 311 g/mol. The number of hydrogen-bond acceptors (Lipinski definition) is 3. The van der Waals surface area contributed by atoms with Crippen LogP contribution in [-0.4, -0.2) is 18.5 Å². The first-order valence-corrected chi connectivity index (χ1v) is 6.55. The van der Waals surface area contributed by atoms with Gasteiger partial charge in [-0.3, -0.25) is 4.79 Å². The molecule has 0 aromatic heterocycles. The minimum atomic E-state index is -1.12. The van der Waals surface area contributed by atoms with Gasteiger partial charge in [0.15, 0.2) is 6.61 Å². The standard InChI is InChI=1S/C16H12F3NO3/c1-9-2-5-14(13(19)6-9)20-15(21)8-23-16(22)11-4-3-10(17)7-12(11)18/h2-7H,8H2,1H3,(H,20,21). The lowest BCUT2D eigenvalue weighted by Crippen LogP contribution is -2.22. The fourth-order valence-corrected chi connectivity index (χ4v) is 1.77. The second kappa shape index (κ2) is 6.95. The van der Waals surface area contributed by atoms with Gasteiger partial charge in [-0.05, 0) is 36.8 Å². The first kappa shape index (κ1) is 16.5. The molecule has 2 rings (SSSR count). The van der Waals surface area contributed by atoms with Crippen LogP contribution in [0.3, 0.4) is 0 Å². The van der Waals surface area contributed by atoms with Crippen molar-refractivity contribution in [1.82, 2.24) is 0 Å². The molecule has 0 aliphatic heterocycles. The van der Waals surface area contributed by atoms with Gasteiger partial charge >= 0.3 is 5.97 Å². The fraction of sp³-hybridized carbons (Fsp3) is 0.125. The lowest BCUT2D eigenvalue weighted by molar-refractivity contribution is -0.119. The minimum Gasteiger partial charge on any atom is -0.452 e. The van der Waals surface area contributed by atoms with E-state index >= 15 is 0 Å². The van der Waals surface area contributed by atoms with Crippen LogP contribution < -0.4 is 5.32 Å². The highest BCUT2D eigenvalue weighted by Gasteiger charge is 2.16. The second-order valence-electron chi connectivity index (χ2n) is 4.73. The van der Waals surface area contributed by atoms with E-state index in [1.807, 2.05) is 0 Å². The van der Waals surface area contributed by atoms with Crippen molar-refractivity contribution < 1.29 is 27.5 Å². The van der Waals surface area contributed by atoms with Gasteiger partial charge in [-0.1, -0.05) is 6.07 Å². The van der Waals surface area contributed by atoms with Gasteiger partial charge in [0.2, 0.25) is 0 Å². The smallest absolute Gasteiger partial charge is 0.341 e. The van der Waals surface area contributed by atoms with Crippen molar-refractivity contribution in [3.63, 3.8) is 0 Å². The van der Waals surface area contributed by atoms with Crippen molar-refractivity contribution in [1.29, 1.82) is 0 Å². The molecule has 0 atom stereocenters. The molecule has 1 N–H and O–H groups in total. The summed E-state index contributed by atoms with van der Waals surface area (Å²) in [7, 11) is 0. The summed E-state index contributed by atoms with van der Waals surface area (Å²) in [5.74, 6) is -4.48. The molecule has 0 heterocycles. The van der Waals surface area contributed by atoms with E-state index in [9.17, 15) is 22.8 Å². The van der Waals surface area contributed by atoms with Crippen LogP contribution in [0.1, 0.15) is 15.9 Å². The van der Waals surface area contributed by atoms with E-state index in [1.54, 1.807) is 13.0 Å². The molecule has 1 amide bonds. The number of anilines is 1. The summed E-state index contributed by atoms with van der Waals surface area (Å²) in [5, 5.41) is 2.22. The van der Waals surface area contributed by atoms with Gasteiger partial charge in [-0.2, -0.15) is 0 Å². The van der Waals surface area contributed by atoms with Crippen LogP contribution in [0, 0.1) is 24.4 Å². The molecule has 0 bridgehead atoms. The van der Waals surface area contributed by atoms with Crippen LogP contribution in [0.25, 0.3) is 0 Å². The number of carbonyl (C=O) groups excluding carboxylic acids is 2. The van der Waals surface area contributed by atoms with E-state index in [4.69, 9.17) is 0 Å². The van der Waals surface area contributed by atoms with E-state index in [1.165, 1.54) is 12.1 Å². The number of halogens is 3. The number of ether oxygens (including phenoxy) is 1. The van der Waals surface area contributed by atoms with Gasteiger partial charge in [-0.25, -0.2) is 18.0 Å². The number of rotatable bonds is 4. The Hall–Kier alpha value is -2.83. The summed E-state index contributed by atoms with van der Waals surface area (Å²) in [6.45, 7) is 0.955. The highest BCUT2D eigenvalue weighted by molar-refractivity contribution is 5.95. The molecule has 0 saturated carbocycles. The number of benzene rings is 2. The first-order valence-electron chi connectivity index (χ1n) is 6.55. The molecular formula is C16H12F3NO3. The Kier molecular flexibility index (Phi) is 5.00. The number of hydrogen-bond donors (Lipinski definition) is 1. The highest BCUT2D eigenvalue weighted by atomic mass is 19.1. The van der Waals surface area contributed by atoms with Crippen molar-refractivity contribution >= 4 is 17.6 Å². The zero-order chi connectivity index (χ0) is 17.0. The Bertz CT molecular complexity index is 762. The topological polar surface area (TPSA) is 55.4 Å². The third-order valence-electron chi connectivity index (χ3n) is 2.88. The zero-order valence-corrected chi connectivity index (χ0v) is 12.0. The van der Waals surface area contributed by atoms with E-state index in [0.717, 1.165) is 12.1 Å². The van der Waals surface area contributed by atoms with Gasteiger partial charge in [0.05, 0.1) is 11.3 Å². The average molecular weight is 323 g/mol. The van der Waals surface area contributed by atoms with Crippen LogP contribution in [0.2, 0.25) is 0 Å². The molecule has 7 heteroatoms. The third-order valence-corrected chi connectivity index (χ3v) is 2.88. The third kappa shape index (κ3) is 4.32. The normalized spacial score (nSPS) is 10.3. The minimum absolute atomic E-state index is 0.0652. The maximum Gasteiger partial charge on any atom is 0.341 e. The van der Waals surface area contributed by atoms with Gasteiger partial charge < -0.3 is 10.1 Å². The SMILES string of the molecule is Cc1ccc(NC(=O)COC(=O)c2ccc(F)cc2F)c(F)c1. The monoisotopic (exact) mass is 323 g/mol. The number of carbonyl (C=O) groups is 2. The largest absolute Gasteiger partial charge is 0.452 e. The van der Waals surface area contributed by atoms with E-state index < -0.39 is 41.5 Å². The summed E-state index contributed by atoms with van der Waals surface area (Å²) < 4.78 is 44.3. The van der Waals surface area contributed by atoms with Crippen LogP contribution in [-0.2, 0) is 9.53 Å². The van der Waals surface area contributed by atoms with Crippen molar-refractivity contribution in [3.05, 3.63) is 65.0 Å². The molecule has 0 saturated heterocycles. The summed E-state index contributed by atoms with van der Waals surface area (Å²) in [4.78, 5) is 23.2. The molecule has 0 aliphatic rings. The van der Waals surface area contributed by atoms with Gasteiger partial charge in [0.25, 0.3) is 5.91 Å². The Morgan fingerprint density at radius 2 is 1.78 bits per heavy atom. The zero-order valence-electron chi connectivity index (χ0n) is 12.0. The number of esters is 1. The predicted molar refractivity (Wildman–Crippen MR) is 76.4 cm³/mol. The van der Waals surface area contributed by atoms with Crippen molar-refractivity contribution in [3.8, 4) is 0 Å². The predicted octanol–water partition coefficient (Wildman–Crippen LogP) is 3.21. The van der Waals surface area contributed by atoms with Gasteiger partial charge in [0, 0.05) is 6.07 Å². The average Bonchev–Trinajstić information content (AvgIpc) is 2.48. The maximum atomic E-state index is 13.6. The van der Waals surface area contributed by atoms with Crippen LogP contribution >= 0.6 is 0 Å². The summed E-state index contributed by atoms with van der Waals surface area (Å²) in [5.41, 5.74) is 0.115. The fourth-order valence-electron chi connectivity index (χ4n) is 1.77. The Morgan fingerprint density at radius 1 is 1.04 bits per heavy atom. The summed E-state index contributed by atoms with van der Waals surface area (Å²) in [6.07, 6.45) is 0. The number of aryl methyl sites for hydroxylation is 1. The highest BCUT2D eigenvalue weighted by Crippen LogP contribution is 2.15. The molecule has 0 fully saturated rings. The molecule has 0 spiro atoms. The maximum absolute atomic E-state index is 13.6.